The molecule has 0 unspecified atom stereocenters. The Morgan fingerprint density at radius 3 is 2.09 bits per heavy atom. The third-order valence-electron chi connectivity index (χ3n) is 7.52. The number of aliphatic hydroxyl groups excluding tert-OH is 6. The number of ether oxygens (including phenoxy) is 5. The van der Waals surface area contributed by atoms with Crippen molar-refractivity contribution in [2.45, 2.75) is 68.3 Å². The number of fused-ring (bicyclic) bond motifs is 1. The number of methoxy groups -OCH3 is 1. The molecule has 0 aliphatic carbocycles. The number of phenolic OH excluding ortho intramolecular Hbond substituents is 3. The molecule has 2 saturated heterocycles. The van der Waals surface area contributed by atoms with Crippen LogP contribution in [0.25, 0.3) is 22.3 Å². The van der Waals surface area contributed by atoms with Gasteiger partial charge in [0.2, 0.25) is 23.2 Å². The lowest BCUT2D eigenvalue weighted by molar-refractivity contribution is -0.318. The Bertz CT molecular complexity index is 1540. The van der Waals surface area contributed by atoms with Crippen LogP contribution in [0.15, 0.2) is 39.5 Å². The zero-order valence-corrected chi connectivity index (χ0v) is 23.3. The van der Waals surface area contributed by atoms with E-state index in [1.165, 1.54) is 31.2 Å². The molecule has 5 rings (SSSR count). The summed E-state index contributed by atoms with van der Waals surface area (Å²) in [7, 11) is 1.15. The van der Waals surface area contributed by atoms with Crippen molar-refractivity contribution >= 4 is 11.0 Å². The third-order valence-corrected chi connectivity index (χ3v) is 7.52. The van der Waals surface area contributed by atoms with Crippen LogP contribution in [0.1, 0.15) is 6.92 Å². The van der Waals surface area contributed by atoms with E-state index >= 15 is 0 Å². The fourth-order valence-electron chi connectivity index (χ4n) is 5.01. The van der Waals surface area contributed by atoms with E-state index in [0.29, 0.717) is 0 Å². The van der Waals surface area contributed by atoms with Crippen LogP contribution >= 0.6 is 0 Å². The molecular weight excluding hydrogens is 592 g/mol. The minimum atomic E-state index is -1.94. The van der Waals surface area contributed by atoms with Crippen molar-refractivity contribution < 1.29 is 74.1 Å². The number of hydrogen-bond donors (Lipinski definition) is 9. The van der Waals surface area contributed by atoms with Crippen LogP contribution in [0.4, 0.5) is 0 Å². The minimum Gasteiger partial charge on any atom is -0.508 e. The first-order valence-corrected chi connectivity index (χ1v) is 13.4. The van der Waals surface area contributed by atoms with Crippen molar-refractivity contribution in [3.8, 4) is 40.1 Å². The van der Waals surface area contributed by atoms with Crippen LogP contribution < -0.4 is 14.9 Å². The molecular formula is C28H32O16. The van der Waals surface area contributed by atoms with E-state index in [1.807, 2.05) is 0 Å². The smallest absolute Gasteiger partial charge is 0.239 e. The number of phenols is 3. The van der Waals surface area contributed by atoms with Crippen molar-refractivity contribution in [3.63, 3.8) is 0 Å². The summed E-state index contributed by atoms with van der Waals surface area (Å²) >= 11 is 0. The Morgan fingerprint density at radius 1 is 0.795 bits per heavy atom. The molecule has 0 saturated carbocycles. The average Bonchev–Trinajstić information content (AvgIpc) is 2.99. The van der Waals surface area contributed by atoms with Gasteiger partial charge in [0.05, 0.1) is 19.8 Å². The van der Waals surface area contributed by atoms with Crippen LogP contribution in [0.3, 0.4) is 0 Å². The third kappa shape index (κ3) is 5.63. The first kappa shape index (κ1) is 31.7. The van der Waals surface area contributed by atoms with Crippen LogP contribution in [0, 0.1) is 0 Å². The van der Waals surface area contributed by atoms with Gasteiger partial charge in [-0.25, -0.2) is 0 Å². The highest BCUT2D eigenvalue weighted by Crippen LogP contribution is 2.43. The standard InChI is InChI=1S/C28H32O16/c1-9-16(31)20(35)22(37)27(41-9)40-8-14-17(32)21(36)23(38)28(43-14)44-26-19(34)15-13(7-12(30)25(39-2)18(15)33)42-24(26)10-3-5-11(29)6-4-10/h3-7,9,14,16-17,20-23,27-33,35-38H,8H2,1-2H3/t9-,14+,16-,17-,20+,21-,22+,23+,27+,28-/m0/s1. The molecule has 16 heteroatoms. The molecule has 0 spiro atoms. The molecule has 9 N–H and O–H groups in total. The minimum absolute atomic E-state index is 0.117. The molecule has 1 aromatic heterocycles. The lowest BCUT2D eigenvalue weighted by Gasteiger charge is -2.42. The van der Waals surface area contributed by atoms with Crippen molar-refractivity contribution in [3.05, 3.63) is 40.6 Å². The fourth-order valence-corrected chi connectivity index (χ4v) is 5.01. The average molecular weight is 625 g/mol. The van der Waals surface area contributed by atoms with E-state index in [9.17, 15) is 50.8 Å². The van der Waals surface area contributed by atoms with Gasteiger partial charge in [-0.1, -0.05) is 0 Å². The van der Waals surface area contributed by atoms with Gasteiger partial charge < -0.3 is 74.1 Å². The summed E-state index contributed by atoms with van der Waals surface area (Å²) in [5.74, 6) is -2.78. The predicted molar refractivity (Wildman–Crippen MR) is 145 cm³/mol. The van der Waals surface area contributed by atoms with E-state index in [4.69, 9.17) is 28.1 Å². The van der Waals surface area contributed by atoms with Gasteiger partial charge in [0, 0.05) is 11.6 Å². The van der Waals surface area contributed by atoms with Gasteiger partial charge in [0.1, 0.15) is 59.4 Å². The number of aromatic hydroxyl groups is 3. The van der Waals surface area contributed by atoms with Crippen molar-refractivity contribution in [2.75, 3.05) is 13.7 Å². The summed E-state index contributed by atoms with van der Waals surface area (Å²) in [6, 6.07) is 6.32. The summed E-state index contributed by atoms with van der Waals surface area (Å²) in [5.41, 5.74) is -1.11. The van der Waals surface area contributed by atoms with Gasteiger partial charge in [-0.2, -0.15) is 0 Å². The quantitative estimate of drug-likeness (QED) is 0.147. The molecule has 3 aromatic rings. The fraction of sp³-hybridized carbons (Fsp3) is 0.464. The molecule has 240 valence electrons. The summed E-state index contributed by atoms with van der Waals surface area (Å²) < 4.78 is 33.0. The zero-order valence-electron chi connectivity index (χ0n) is 23.3. The summed E-state index contributed by atoms with van der Waals surface area (Å²) in [6.45, 7) is 0.845. The van der Waals surface area contributed by atoms with E-state index < -0.39 is 102 Å². The van der Waals surface area contributed by atoms with E-state index in [0.717, 1.165) is 13.2 Å². The summed E-state index contributed by atoms with van der Waals surface area (Å²) in [5, 5.41) is 92.3. The van der Waals surface area contributed by atoms with Crippen molar-refractivity contribution in [1.82, 2.24) is 0 Å². The summed E-state index contributed by atoms with van der Waals surface area (Å²) in [6.07, 6.45) is -16.0. The number of hydrogen-bond acceptors (Lipinski definition) is 16. The Morgan fingerprint density at radius 2 is 1.43 bits per heavy atom. The molecule has 2 aliphatic rings. The maximum Gasteiger partial charge on any atom is 0.239 e. The molecule has 2 aromatic carbocycles. The second-order valence-electron chi connectivity index (χ2n) is 10.4. The Balaban J connectivity index is 1.49. The predicted octanol–water partition coefficient (Wildman–Crippen LogP) is -1.38. The van der Waals surface area contributed by atoms with Gasteiger partial charge in [0.25, 0.3) is 0 Å². The van der Waals surface area contributed by atoms with Crippen LogP contribution in [-0.4, -0.2) is 121 Å². The second-order valence-corrected chi connectivity index (χ2v) is 10.4. The molecule has 16 nitrogen and oxygen atoms in total. The van der Waals surface area contributed by atoms with E-state index in [-0.39, 0.29) is 22.7 Å². The highest BCUT2D eigenvalue weighted by molar-refractivity contribution is 5.91. The molecule has 2 fully saturated rings. The van der Waals surface area contributed by atoms with Crippen molar-refractivity contribution in [1.29, 1.82) is 0 Å². The highest BCUT2D eigenvalue weighted by atomic mass is 16.7. The molecule has 3 heterocycles. The topological polar surface area (TPSA) is 258 Å². The van der Waals surface area contributed by atoms with Gasteiger partial charge in [0.15, 0.2) is 23.5 Å². The largest absolute Gasteiger partial charge is 0.508 e. The summed E-state index contributed by atoms with van der Waals surface area (Å²) in [4.78, 5) is 13.8. The number of benzene rings is 2. The van der Waals surface area contributed by atoms with Crippen LogP contribution in [-0.2, 0) is 14.2 Å². The Labute approximate surface area is 248 Å². The molecule has 2 aliphatic heterocycles. The maximum atomic E-state index is 13.8. The second kappa shape index (κ2) is 12.4. The molecule has 10 atom stereocenters. The molecule has 0 radical (unpaired) electrons. The van der Waals surface area contributed by atoms with Gasteiger partial charge >= 0.3 is 0 Å². The Kier molecular flexibility index (Phi) is 8.90. The maximum absolute atomic E-state index is 13.8. The van der Waals surface area contributed by atoms with Gasteiger partial charge in [-0.05, 0) is 31.2 Å². The monoisotopic (exact) mass is 624 g/mol. The molecule has 44 heavy (non-hydrogen) atoms. The molecule has 0 bridgehead atoms. The van der Waals surface area contributed by atoms with Gasteiger partial charge in [-0.15, -0.1) is 0 Å². The Hall–Kier alpha value is -3.71. The first-order valence-electron chi connectivity index (χ1n) is 13.4. The molecule has 0 amide bonds. The number of aliphatic hydroxyl groups is 6. The lowest BCUT2D eigenvalue weighted by atomic mass is 9.98. The normalized spacial score (nSPS) is 32.5. The highest BCUT2D eigenvalue weighted by Gasteiger charge is 2.48. The number of rotatable bonds is 7. The first-order chi connectivity index (χ1) is 20.8. The van der Waals surface area contributed by atoms with E-state index in [1.54, 1.807) is 0 Å². The van der Waals surface area contributed by atoms with Crippen LogP contribution in [0.5, 0.6) is 28.7 Å². The zero-order chi connectivity index (χ0) is 32.0. The van der Waals surface area contributed by atoms with Crippen LogP contribution in [0.2, 0.25) is 0 Å². The SMILES string of the molecule is COc1c(O)cc2oc(-c3ccc(O)cc3)c(O[C@@H]3O[C@H](CO[C@@H]4O[C@@H](C)[C@H](O)[C@@H](O)[C@H]4O)[C@H](O)[C@H](O)[C@H]3O)c(=O)c2c1O. The van der Waals surface area contributed by atoms with Crippen molar-refractivity contribution in [2.24, 2.45) is 0 Å². The van der Waals surface area contributed by atoms with E-state index in [2.05, 4.69) is 0 Å². The lowest BCUT2D eigenvalue weighted by Crippen LogP contribution is -2.61. The van der Waals surface area contributed by atoms with Gasteiger partial charge in [-0.3, -0.25) is 4.79 Å².